The van der Waals surface area contributed by atoms with Crippen molar-refractivity contribution in [3.63, 3.8) is 0 Å². The Morgan fingerprint density at radius 3 is 2.21 bits per heavy atom. The molecule has 0 atom stereocenters. The van der Waals surface area contributed by atoms with E-state index in [1.165, 1.54) is 20.3 Å². The van der Waals surface area contributed by atoms with E-state index in [4.69, 9.17) is 9.47 Å². The second-order valence-electron chi connectivity index (χ2n) is 7.02. The van der Waals surface area contributed by atoms with E-state index >= 15 is 0 Å². The van der Waals surface area contributed by atoms with Crippen LogP contribution in [0.5, 0.6) is 11.5 Å². The van der Waals surface area contributed by atoms with E-state index in [0.717, 1.165) is 32.1 Å². The van der Waals surface area contributed by atoms with Crippen LogP contribution in [0.2, 0.25) is 0 Å². The van der Waals surface area contributed by atoms with Crippen molar-refractivity contribution in [1.29, 1.82) is 0 Å². The van der Waals surface area contributed by atoms with E-state index in [1.807, 2.05) is 0 Å². The number of nitrogens with one attached hydrogen (secondary N) is 2. The summed E-state index contributed by atoms with van der Waals surface area (Å²) in [4.78, 5) is 12.5. The van der Waals surface area contributed by atoms with E-state index in [2.05, 4.69) is 10.0 Å². The molecule has 0 spiro atoms. The first-order chi connectivity index (χ1) is 13.9. The molecule has 2 N–H and O–H groups in total. The molecule has 0 radical (unpaired) electrons. The van der Waals surface area contributed by atoms with Crippen molar-refractivity contribution in [3.8, 4) is 11.5 Å². The van der Waals surface area contributed by atoms with Gasteiger partial charge in [-0.25, -0.2) is 8.42 Å². The molecule has 0 aromatic heterocycles. The SMILES string of the molecule is COc1ccc(NS(=O)(=O)c2cc(NC(=O)C3CCCCC3)ccc2OC)cc1. The highest BCUT2D eigenvalue weighted by atomic mass is 32.2. The Hall–Kier alpha value is -2.74. The molecule has 1 fully saturated rings. The minimum Gasteiger partial charge on any atom is -0.497 e. The van der Waals surface area contributed by atoms with Crippen molar-refractivity contribution in [3.05, 3.63) is 42.5 Å². The van der Waals surface area contributed by atoms with Crippen molar-refractivity contribution < 1.29 is 22.7 Å². The van der Waals surface area contributed by atoms with Crippen LogP contribution in [0.15, 0.2) is 47.4 Å². The number of sulfonamides is 1. The molecule has 0 saturated heterocycles. The maximum atomic E-state index is 12.9. The third-order valence-corrected chi connectivity index (χ3v) is 6.44. The van der Waals surface area contributed by atoms with Crippen LogP contribution >= 0.6 is 0 Å². The number of hydrogen-bond donors (Lipinski definition) is 2. The summed E-state index contributed by atoms with van der Waals surface area (Å²) in [5.74, 6) is 0.726. The predicted octanol–water partition coefficient (Wildman–Crippen LogP) is 4.02. The fraction of sp³-hybridized carbons (Fsp3) is 0.381. The zero-order chi connectivity index (χ0) is 20.9. The Bertz CT molecular complexity index is 952. The summed E-state index contributed by atoms with van der Waals surface area (Å²) in [7, 11) is -0.982. The topological polar surface area (TPSA) is 93.7 Å². The van der Waals surface area contributed by atoms with Gasteiger partial charge in [0, 0.05) is 17.3 Å². The summed E-state index contributed by atoms with van der Waals surface area (Å²) in [6, 6.07) is 11.2. The largest absolute Gasteiger partial charge is 0.497 e. The maximum Gasteiger partial charge on any atom is 0.265 e. The van der Waals surface area contributed by atoms with E-state index in [1.54, 1.807) is 36.4 Å². The molecule has 2 aromatic carbocycles. The maximum absolute atomic E-state index is 12.9. The summed E-state index contributed by atoms with van der Waals surface area (Å²) < 4.78 is 38.7. The lowest BCUT2D eigenvalue weighted by Gasteiger charge is -2.21. The number of carbonyl (C=O) groups is 1. The second kappa shape index (κ2) is 9.17. The number of rotatable bonds is 7. The normalized spacial score (nSPS) is 14.8. The molecule has 1 saturated carbocycles. The third-order valence-electron chi connectivity index (χ3n) is 5.04. The van der Waals surface area contributed by atoms with Crippen LogP contribution in [0.25, 0.3) is 0 Å². The second-order valence-corrected chi connectivity index (χ2v) is 8.67. The van der Waals surface area contributed by atoms with Gasteiger partial charge in [0.15, 0.2) is 0 Å². The Kier molecular flexibility index (Phi) is 6.64. The Balaban J connectivity index is 1.82. The van der Waals surface area contributed by atoms with Gasteiger partial charge < -0.3 is 14.8 Å². The first-order valence-corrected chi connectivity index (χ1v) is 11.1. The highest BCUT2D eigenvalue weighted by Crippen LogP contribution is 2.30. The van der Waals surface area contributed by atoms with Gasteiger partial charge in [0.25, 0.3) is 10.0 Å². The molecule has 2 aromatic rings. The Morgan fingerprint density at radius 2 is 1.59 bits per heavy atom. The van der Waals surface area contributed by atoms with Gasteiger partial charge in [0.05, 0.1) is 14.2 Å². The lowest BCUT2D eigenvalue weighted by molar-refractivity contribution is -0.120. The molecule has 1 amide bonds. The summed E-state index contributed by atoms with van der Waals surface area (Å²) in [5.41, 5.74) is 0.820. The number of methoxy groups -OCH3 is 2. The molecule has 3 rings (SSSR count). The first-order valence-electron chi connectivity index (χ1n) is 9.59. The lowest BCUT2D eigenvalue weighted by atomic mass is 9.88. The van der Waals surface area contributed by atoms with Crippen LogP contribution in [-0.2, 0) is 14.8 Å². The van der Waals surface area contributed by atoms with Gasteiger partial charge in [-0.1, -0.05) is 19.3 Å². The molecule has 0 unspecified atom stereocenters. The molecular weight excluding hydrogens is 392 g/mol. The number of hydrogen-bond acceptors (Lipinski definition) is 5. The zero-order valence-electron chi connectivity index (χ0n) is 16.6. The molecule has 29 heavy (non-hydrogen) atoms. The van der Waals surface area contributed by atoms with Crippen molar-refractivity contribution in [1.82, 2.24) is 0 Å². The third kappa shape index (κ3) is 5.20. The van der Waals surface area contributed by atoms with Gasteiger partial charge in [0.2, 0.25) is 5.91 Å². The first kappa shape index (κ1) is 21.0. The summed E-state index contributed by atoms with van der Waals surface area (Å²) >= 11 is 0. The van der Waals surface area contributed by atoms with Crippen molar-refractivity contribution in [2.24, 2.45) is 5.92 Å². The van der Waals surface area contributed by atoms with E-state index in [-0.39, 0.29) is 22.5 Å². The van der Waals surface area contributed by atoms with Crippen LogP contribution in [-0.4, -0.2) is 28.5 Å². The molecule has 0 aliphatic heterocycles. The van der Waals surface area contributed by atoms with Crippen LogP contribution in [0.3, 0.4) is 0 Å². The fourth-order valence-corrected chi connectivity index (χ4v) is 4.70. The minimum atomic E-state index is -3.93. The van der Waals surface area contributed by atoms with E-state index in [9.17, 15) is 13.2 Å². The summed E-state index contributed by atoms with van der Waals surface area (Å²) in [6.07, 6.45) is 4.99. The summed E-state index contributed by atoms with van der Waals surface area (Å²) in [5, 5.41) is 2.85. The molecule has 0 heterocycles. The molecule has 7 nitrogen and oxygen atoms in total. The monoisotopic (exact) mass is 418 g/mol. The smallest absolute Gasteiger partial charge is 0.265 e. The van der Waals surface area contributed by atoms with E-state index in [0.29, 0.717) is 17.1 Å². The number of anilines is 2. The lowest BCUT2D eigenvalue weighted by Crippen LogP contribution is -2.25. The number of benzene rings is 2. The van der Waals surface area contributed by atoms with Gasteiger partial charge >= 0.3 is 0 Å². The average molecular weight is 419 g/mol. The molecule has 8 heteroatoms. The van der Waals surface area contributed by atoms with Gasteiger partial charge in [0.1, 0.15) is 16.4 Å². The molecule has 156 valence electrons. The zero-order valence-corrected chi connectivity index (χ0v) is 17.4. The van der Waals surface area contributed by atoms with Gasteiger partial charge in [-0.05, 0) is 55.3 Å². The standard InChI is InChI=1S/C21H26N2O5S/c1-27-18-11-8-16(9-12-18)23-29(25,26)20-14-17(10-13-19(20)28-2)22-21(24)15-6-4-3-5-7-15/h8-15,23H,3-7H2,1-2H3,(H,22,24). The van der Waals surface area contributed by atoms with Gasteiger partial charge in [-0.15, -0.1) is 0 Å². The van der Waals surface area contributed by atoms with Crippen LogP contribution in [0, 0.1) is 5.92 Å². The molecule has 0 bridgehead atoms. The molecular formula is C21H26N2O5S. The molecule has 1 aliphatic carbocycles. The van der Waals surface area contributed by atoms with Gasteiger partial charge in [-0.3, -0.25) is 9.52 Å². The fourth-order valence-electron chi connectivity index (χ4n) is 3.44. The van der Waals surface area contributed by atoms with Crippen LogP contribution in [0.1, 0.15) is 32.1 Å². The van der Waals surface area contributed by atoms with Crippen LogP contribution in [0.4, 0.5) is 11.4 Å². The highest BCUT2D eigenvalue weighted by Gasteiger charge is 2.24. The summed E-state index contributed by atoms with van der Waals surface area (Å²) in [6.45, 7) is 0. The van der Waals surface area contributed by atoms with Crippen molar-refractivity contribution in [2.75, 3.05) is 24.3 Å². The quantitative estimate of drug-likeness (QED) is 0.708. The number of amides is 1. The van der Waals surface area contributed by atoms with Crippen molar-refractivity contribution in [2.45, 2.75) is 37.0 Å². The van der Waals surface area contributed by atoms with Crippen molar-refractivity contribution >= 4 is 27.3 Å². The predicted molar refractivity (Wildman–Crippen MR) is 112 cm³/mol. The molecule has 1 aliphatic rings. The van der Waals surface area contributed by atoms with Crippen LogP contribution < -0.4 is 19.5 Å². The minimum absolute atomic E-state index is 0.0247. The Morgan fingerprint density at radius 1 is 0.931 bits per heavy atom. The van der Waals surface area contributed by atoms with Gasteiger partial charge in [-0.2, -0.15) is 0 Å². The van der Waals surface area contributed by atoms with E-state index < -0.39 is 10.0 Å². The highest BCUT2D eigenvalue weighted by molar-refractivity contribution is 7.92. The number of carbonyl (C=O) groups excluding carboxylic acids is 1. The Labute approximate surface area is 171 Å². The average Bonchev–Trinajstić information content (AvgIpc) is 2.74. The number of ether oxygens (including phenoxy) is 2.